The van der Waals surface area contributed by atoms with Gasteiger partial charge >= 0.3 is 23.6 Å². The van der Waals surface area contributed by atoms with Gasteiger partial charge in [0.1, 0.15) is 0 Å². The van der Waals surface area contributed by atoms with E-state index >= 15 is 0 Å². The van der Waals surface area contributed by atoms with Crippen LogP contribution in [0.3, 0.4) is 0 Å². The molecule has 0 aliphatic carbocycles. The lowest BCUT2D eigenvalue weighted by molar-refractivity contribution is 0.113. The Hall–Kier alpha value is 0.589. The van der Waals surface area contributed by atoms with Gasteiger partial charge in [0.25, 0.3) is 0 Å². The van der Waals surface area contributed by atoms with Gasteiger partial charge in [0.2, 0.25) is 0 Å². The van der Waals surface area contributed by atoms with Gasteiger partial charge in [-0.25, -0.2) is 0 Å². The monoisotopic (exact) mass is 222 g/mol. The highest BCUT2D eigenvalue weighted by atomic mass is 28.4. The Kier molecular flexibility index (Phi) is 7.27. The number of rotatable bonds is 7. The number of hydrogen-bond acceptors (Lipinski definition) is 4. The fourth-order valence-corrected chi connectivity index (χ4v) is 5.46. The first-order valence-corrected chi connectivity index (χ1v) is 8.88. The van der Waals surface area contributed by atoms with E-state index in [1.54, 1.807) is 7.11 Å². The molecule has 6 heteroatoms. The number of hydrogen-bond donors (Lipinski definition) is 0. The lowest BCUT2D eigenvalue weighted by Gasteiger charge is -2.27. The highest BCUT2D eigenvalue weighted by Gasteiger charge is 2.38. The third-order valence-corrected chi connectivity index (χ3v) is 6.86. The Balaban J connectivity index is 4.05. The van der Waals surface area contributed by atoms with Crippen molar-refractivity contribution in [3.63, 3.8) is 0 Å². The van der Waals surface area contributed by atoms with E-state index < -0.39 is 23.6 Å². The smallest absolute Gasteiger partial charge is 0.481 e. The minimum Gasteiger partial charge on any atom is -0.481 e. The summed E-state index contributed by atoms with van der Waals surface area (Å²) in [5.41, 5.74) is 0. The minimum atomic E-state index is -2.40. The fraction of sp³-hybridized carbons (Fsp3) is 1.00. The van der Waals surface area contributed by atoms with Crippen molar-refractivity contribution in [1.29, 1.82) is 0 Å². The average Bonchev–Trinajstić information content (AvgIpc) is 2.04. The zero-order valence-corrected chi connectivity index (χ0v) is 11.3. The van der Waals surface area contributed by atoms with E-state index in [4.69, 9.17) is 16.1 Å². The minimum absolute atomic E-state index is 0.619. The summed E-state index contributed by atoms with van der Waals surface area (Å²) in [5, 5.41) is 0. The molecule has 78 valence electrons. The summed E-state index contributed by atoms with van der Waals surface area (Å²) in [4.78, 5) is 0. The molecule has 0 fully saturated rings. The lowest BCUT2D eigenvalue weighted by atomic mass is 10.9. The van der Waals surface area contributed by atoms with Crippen molar-refractivity contribution in [3.8, 4) is 0 Å². The van der Waals surface area contributed by atoms with Gasteiger partial charge in [0.05, 0.1) is 0 Å². The Morgan fingerprint density at radius 1 is 1.15 bits per heavy atom. The van der Waals surface area contributed by atoms with Gasteiger partial charge in [0, 0.05) is 26.9 Å². The summed E-state index contributed by atoms with van der Waals surface area (Å²) >= 11 is -1.56. The van der Waals surface area contributed by atoms with Crippen molar-refractivity contribution in [2.45, 2.75) is 26.2 Å². The topological polar surface area (TPSA) is 36.9 Å². The molecule has 0 aromatic rings. The summed E-state index contributed by atoms with van der Waals surface area (Å²) in [7, 11) is -0.740. The Bertz CT molecular complexity index is 130. The third kappa shape index (κ3) is 5.81. The second-order valence-electron chi connectivity index (χ2n) is 2.65. The maximum atomic E-state index is 5.68. The quantitative estimate of drug-likeness (QED) is 0.610. The predicted molar refractivity (Wildman–Crippen MR) is 54.6 cm³/mol. The van der Waals surface area contributed by atoms with Crippen LogP contribution in [-0.4, -0.2) is 43.9 Å². The van der Waals surface area contributed by atoms with Crippen LogP contribution < -0.4 is 0 Å². The standard InChI is InChI=1S/C5H13O3Si.CH3O.CH3.Al/c1-4-7-9(3,6)8-5-2;1-2;;/h4-5H2,1-3H3;1H3;1H3;/q2*-1;;+2. The van der Waals surface area contributed by atoms with E-state index in [1.165, 1.54) is 0 Å². The van der Waals surface area contributed by atoms with Crippen LogP contribution in [-0.2, 0) is 16.1 Å². The Morgan fingerprint density at radius 2 is 1.62 bits per heavy atom. The molecule has 0 bridgehead atoms. The first-order valence-electron chi connectivity index (χ1n) is 4.56. The molecule has 0 spiro atoms. The van der Waals surface area contributed by atoms with Crippen molar-refractivity contribution in [3.05, 3.63) is 0 Å². The van der Waals surface area contributed by atoms with Gasteiger partial charge in [-0.15, -0.1) is 0 Å². The van der Waals surface area contributed by atoms with Crippen molar-refractivity contribution >= 4 is 23.6 Å². The second-order valence-corrected chi connectivity index (χ2v) is 7.50. The van der Waals surface area contributed by atoms with E-state index in [-0.39, 0.29) is 0 Å². The maximum absolute atomic E-state index is 5.68. The normalized spacial score (nSPS) is 11.8. The summed E-state index contributed by atoms with van der Waals surface area (Å²) in [5.74, 6) is 1.96. The molecule has 0 rings (SSSR count). The molecule has 0 heterocycles. The van der Waals surface area contributed by atoms with Crippen LogP contribution in [0.5, 0.6) is 0 Å². The summed E-state index contributed by atoms with van der Waals surface area (Å²) in [6.45, 7) is 7.02. The summed E-state index contributed by atoms with van der Waals surface area (Å²) in [6, 6.07) is 0. The van der Waals surface area contributed by atoms with Crippen molar-refractivity contribution < 1.29 is 16.1 Å². The largest absolute Gasteiger partial charge is 0.662 e. The van der Waals surface area contributed by atoms with Gasteiger partial charge < -0.3 is 16.1 Å². The first kappa shape index (κ1) is 13.6. The molecule has 0 aromatic heterocycles. The van der Waals surface area contributed by atoms with Gasteiger partial charge in [-0.3, -0.25) is 0 Å². The van der Waals surface area contributed by atoms with E-state index in [0.717, 1.165) is 0 Å². The summed E-state index contributed by atoms with van der Waals surface area (Å²) in [6.07, 6.45) is 0. The molecule has 13 heavy (non-hydrogen) atoms. The zero-order valence-electron chi connectivity index (χ0n) is 9.12. The molecule has 0 N–H and O–H groups in total. The van der Waals surface area contributed by atoms with Crippen molar-refractivity contribution in [2.75, 3.05) is 20.3 Å². The van der Waals surface area contributed by atoms with Gasteiger partial charge in [-0.2, -0.15) is 0 Å². The average molecular weight is 222 g/mol. The molecular weight excluding hydrogens is 203 g/mol. The van der Waals surface area contributed by atoms with Crippen LogP contribution >= 0.6 is 0 Å². The van der Waals surface area contributed by atoms with E-state index in [2.05, 4.69) is 0 Å². The molecular formula is C7H19AlO4Si. The predicted octanol–water partition coefficient (Wildman–Crippen LogP) is 1.41. The second kappa shape index (κ2) is 6.96. The summed E-state index contributed by atoms with van der Waals surface area (Å²) < 4.78 is 21.8. The van der Waals surface area contributed by atoms with Crippen LogP contribution in [0, 0.1) is 0 Å². The van der Waals surface area contributed by atoms with E-state index in [9.17, 15) is 0 Å². The molecule has 0 atom stereocenters. The maximum Gasteiger partial charge on any atom is 0.662 e. The van der Waals surface area contributed by atoms with Crippen molar-refractivity contribution in [1.82, 2.24) is 0 Å². The van der Waals surface area contributed by atoms with E-state index in [1.807, 2.05) is 26.2 Å². The highest BCUT2D eigenvalue weighted by Crippen LogP contribution is 2.10. The highest BCUT2D eigenvalue weighted by molar-refractivity contribution is 6.67. The van der Waals surface area contributed by atoms with Gasteiger partial charge in [-0.05, 0) is 13.8 Å². The molecule has 0 aromatic carbocycles. The van der Waals surface area contributed by atoms with Crippen LogP contribution in [0.4, 0.5) is 0 Å². The van der Waals surface area contributed by atoms with Crippen LogP contribution in [0.15, 0.2) is 0 Å². The van der Waals surface area contributed by atoms with Gasteiger partial charge in [0.15, 0.2) is 0 Å². The van der Waals surface area contributed by atoms with Gasteiger partial charge in [-0.1, -0.05) is 5.79 Å². The third-order valence-electron chi connectivity index (χ3n) is 1.53. The zero-order chi connectivity index (χ0) is 10.3. The van der Waals surface area contributed by atoms with Crippen LogP contribution in [0.2, 0.25) is 12.3 Å². The van der Waals surface area contributed by atoms with E-state index in [0.29, 0.717) is 13.2 Å². The molecule has 0 saturated carbocycles. The van der Waals surface area contributed by atoms with Crippen LogP contribution in [0.1, 0.15) is 13.8 Å². The first-order chi connectivity index (χ1) is 6.08. The fourth-order valence-electron chi connectivity index (χ4n) is 0.984. The Labute approximate surface area is 86.6 Å². The SMILES string of the molecule is CCO[Si](C)(OCC)[O][Al]([CH3])[O]C. The molecule has 0 saturated heterocycles. The molecule has 0 radical (unpaired) electrons. The van der Waals surface area contributed by atoms with Crippen molar-refractivity contribution in [2.24, 2.45) is 0 Å². The molecule has 0 aliphatic rings. The lowest BCUT2D eigenvalue weighted by Crippen LogP contribution is -2.46. The van der Waals surface area contributed by atoms with Crippen LogP contribution in [0.25, 0.3) is 0 Å². The molecule has 0 amide bonds. The molecule has 0 aliphatic heterocycles. The molecule has 0 unspecified atom stereocenters. The Morgan fingerprint density at radius 3 is 1.92 bits per heavy atom. The molecule has 4 nitrogen and oxygen atoms in total.